The summed E-state index contributed by atoms with van der Waals surface area (Å²) in [7, 11) is 0. The molecule has 1 fully saturated rings. The molecular formula is C20H21F3N4O2. The summed E-state index contributed by atoms with van der Waals surface area (Å²) in [5, 5.41) is 0. The molecule has 1 saturated heterocycles. The maximum Gasteiger partial charge on any atom is 0.433 e. The highest BCUT2D eigenvalue weighted by Gasteiger charge is 2.35. The van der Waals surface area contributed by atoms with Crippen molar-refractivity contribution in [3.8, 4) is 5.75 Å². The fraction of sp³-hybridized carbons (Fsp3) is 0.450. The lowest BCUT2D eigenvalue weighted by atomic mass is 9.95. The van der Waals surface area contributed by atoms with Gasteiger partial charge in [0.05, 0.1) is 5.92 Å². The van der Waals surface area contributed by atoms with Gasteiger partial charge in [0.15, 0.2) is 0 Å². The average molecular weight is 406 g/mol. The third kappa shape index (κ3) is 4.13. The molecule has 2 aromatic rings. The van der Waals surface area contributed by atoms with E-state index in [4.69, 9.17) is 4.74 Å². The molecule has 0 aliphatic carbocycles. The minimum Gasteiger partial charge on any atom is -0.492 e. The molecule has 2 aliphatic heterocycles. The summed E-state index contributed by atoms with van der Waals surface area (Å²) in [6.45, 7) is 3.49. The van der Waals surface area contributed by atoms with Gasteiger partial charge in [0.2, 0.25) is 5.91 Å². The molecule has 3 heterocycles. The van der Waals surface area contributed by atoms with Crippen LogP contribution in [0.15, 0.2) is 30.3 Å². The van der Waals surface area contributed by atoms with Crippen LogP contribution >= 0.6 is 0 Å². The topological polar surface area (TPSA) is 58.6 Å². The largest absolute Gasteiger partial charge is 0.492 e. The van der Waals surface area contributed by atoms with Gasteiger partial charge in [0, 0.05) is 32.2 Å². The molecular weight excluding hydrogens is 385 g/mol. The van der Waals surface area contributed by atoms with Crippen LogP contribution in [0.2, 0.25) is 0 Å². The number of carbonyl (C=O) groups excluding carboxylic acids is 1. The third-order valence-corrected chi connectivity index (χ3v) is 5.26. The first-order valence-corrected chi connectivity index (χ1v) is 9.48. The summed E-state index contributed by atoms with van der Waals surface area (Å²) in [6, 6.07) is 8.65. The number of ether oxygens (including phenoxy) is 1. The van der Waals surface area contributed by atoms with E-state index in [1.807, 2.05) is 24.3 Å². The summed E-state index contributed by atoms with van der Waals surface area (Å²) < 4.78 is 44.8. The van der Waals surface area contributed by atoms with E-state index >= 15 is 0 Å². The summed E-state index contributed by atoms with van der Waals surface area (Å²) in [5.74, 6) is 0.919. The van der Waals surface area contributed by atoms with Crippen molar-refractivity contribution in [2.45, 2.75) is 19.5 Å². The molecule has 1 amide bonds. The van der Waals surface area contributed by atoms with E-state index in [-0.39, 0.29) is 23.5 Å². The van der Waals surface area contributed by atoms with E-state index in [1.165, 1.54) is 6.92 Å². The van der Waals surface area contributed by atoms with Gasteiger partial charge in [-0.15, -0.1) is 0 Å². The number of halogens is 3. The highest BCUT2D eigenvalue weighted by molar-refractivity contribution is 5.80. The molecule has 0 spiro atoms. The first kappa shape index (κ1) is 19.5. The number of aryl methyl sites for hydroxylation is 1. The van der Waals surface area contributed by atoms with Crippen LogP contribution < -0.4 is 9.64 Å². The van der Waals surface area contributed by atoms with Crippen molar-refractivity contribution in [3.05, 3.63) is 47.4 Å². The van der Waals surface area contributed by atoms with Crippen LogP contribution in [-0.2, 0) is 17.4 Å². The number of hydrogen-bond donors (Lipinski definition) is 0. The second-order valence-corrected chi connectivity index (χ2v) is 7.29. The van der Waals surface area contributed by atoms with Gasteiger partial charge in [-0.3, -0.25) is 4.79 Å². The first-order chi connectivity index (χ1) is 13.8. The molecule has 0 unspecified atom stereocenters. The molecule has 1 atom stereocenters. The molecule has 154 valence electrons. The van der Waals surface area contributed by atoms with Crippen LogP contribution in [0.1, 0.15) is 17.1 Å². The van der Waals surface area contributed by atoms with Crippen molar-refractivity contribution in [3.63, 3.8) is 0 Å². The molecule has 0 bridgehead atoms. The normalized spacial score (nSPS) is 19.5. The number of amides is 1. The summed E-state index contributed by atoms with van der Waals surface area (Å²) in [5.41, 5.74) is 0.0726. The maximum atomic E-state index is 13.0. The number of para-hydroxylation sites is 1. The molecule has 4 rings (SSSR count). The van der Waals surface area contributed by atoms with Gasteiger partial charge < -0.3 is 14.5 Å². The summed E-state index contributed by atoms with van der Waals surface area (Å²) >= 11 is 0. The number of piperazine rings is 1. The van der Waals surface area contributed by atoms with E-state index in [0.717, 1.165) is 17.4 Å². The molecule has 1 aromatic heterocycles. The number of carbonyl (C=O) groups is 1. The van der Waals surface area contributed by atoms with E-state index in [0.29, 0.717) is 39.2 Å². The van der Waals surface area contributed by atoms with Crippen molar-refractivity contribution in [2.75, 3.05) is 37.7 Å². The molecule has 0 saturated carbocycles. The quantitative estimate of drug-likeness (QED) is 0.768. The fourth-order valence-corrected chi connectivity index (χ4v) is 3.76. The predicted octanol–water partition coefficient (Wildman–Crippen LogP) is 2.70. The smallest absolute Gasteiger partial charge is 0.433 e. The second kappa shape index (κ2) is 7.53. The van der Waals surface area contributed by atoms with Crippen LogP contribution in [0.3, 0.4) is 0 Å². The zero-order valence-corrected chi connectivity index (χ0v) is 15.9. The van der Waals surface area contributed by atoms with Gasteiger partial charge in [-0.2, -0.15) is 13.2 Å². The Labute approximate surface area is 166 Å². The Morgan fingerprint density at radius 3 is 2.59 bits per heavy atom. The molecule has 6 nitrogen and oxygen atoms in total. The van der Waals surface area contributed by atoms with E-state index in [1.54, 1.807) is 9.80 Å². The standard InChI is InChI=1S/C20H21F3N4O2/c1-13-24-17(20(21,22)23)11-18(25-13)26-6-8-27(9-7-26)19(28)15-10-14-4-2-3-5-16(14)29-12-15/h2-5,11,15H,6-10,12H2,1H3/t15-/m1/s1. The average Bonchev–Trinajstić information content (AvgIpc) is 2.72. The number of alkyl halides is 3. The minimum atomic E-state index is -4.52. The third-order valence-electron chi connectivity index (χ3n) is 5.26. The molecule has 0 N–H and O–H groups in total. The zero-order valence-electron chi connectivity index (χ0n) is 15.9. The van der Waals surface area contributed by atoms with Gasteiger partial charge in [0.25, 0.3) is 0 Å². The Morgan fingerprint density at radius 1 is 1.14 bits per heavy atom. The summed E-state index contributed by atoms with van der Waals surface area (Å²) in [4.78, 5) is 24.1. The summed E-state index contributed by atoms with van der Waals surface area (Å²) in [6.07, 6.45) is -3.88. The second-order valence-electron chi connectivity index (χ2n) is 7.29. The number of fused-ring (bicyclic) bond motifs is 1. The maximum absolute atomic E-state index is 13.0. The van der Waals surface area contributed by atoms with Crippen molar-refractivity contribution in [1.29, 1.82) is 0 Å². The van der Waals surface area contributed by atoms with Crippen molar-refractivity contribution < 1.29 is 22.7 Å². The van der Waals surface area contributed by atoms with Crippen LogP contribution in [0.25, 0.3) is 0 Å². The van der Waals surface area contributed by atoms with Gasteiger partial charge in [-0.1, -0.05) is 18.2 Å². The van der Waals surface area contributed by atoms with Crippen LogP contribution in [0.4, 0.5) is 19.0 Å². The van der Waals surface area contributed by atoms with Crippen molar-refractivity contribution >= 4 is 11.7 Å². The van der Waals surface area contributed by atoms with E-state index in [9.17, 15) is 18.0 Å². The fourth-order valence-electron chi connectivity index (χ4n) is 3.76. The molecule has 2 aliphatic rings. The molecule has 0 radical (unpaired) electrons. The van der Waals surface area contributed by atoms with E-state index in [2.05, 4.69) is 9.97 Å². The number of nitrogens with zero attached hydrogens (tertiary/aromatic N) is 4. The Kier molecular flexibility index (Phi) is 5.06. The number of benzene rings is 1. The monoisotopic (exact) mass is 406 g/mol. The van der Waals surface area contributed by atoms with Gasteiger partial charge in [0.1, 0.15) is 29.7 Å². The highest BCUT2D eigenvalue weighted by Crippen LogP contribution is 2.31. The van der Waals surface area contributed by atoms with Crippen LogP contribution in [-0.4, -0.2) is 53.6 Å². The zero-order chi connectivity index (χ0) is 20.6. The molecule has 29 heavy (non-hydrogen) atoms. The van der Waals surface area contributed by atoms with Crippen LogP contribution in [0, 0.1) is 12.8 Å². The van der Waals surface area contributed by atoms with E-state index < -0.39 is 11.9 Å². The lowest BCUT2D eigenvalue weighted by Crippen LogP contribution is -2.52. The number of aromatic nitrogens is 2. The van der Waals surface area contributed by atoms with Gasteiger partial charge >= 0.3 is 6.18 Å². The SMILES string of the molecule is Cc1nc(N2CCN(C(=O)[C@H]3COc4ccccc4C3)CC2)cc(C(F)(F)F)n1. The minimum absolute atomic E-state index is 0.0222. The number of hydrogen-bond acceptors (Lipinski definition) is 5. The molecule has 9 heteroatoms. The van der Waals surface area contributed by atoms with Crippen LogP contribution in [0.5, 0.6) is 5.75 Å². The lowest BCUT2D eigenvalue weighted by molar-refractivity contribution is -0.141. The first-order valence-electron chi connectivity index (χ1n) is 9.48. The Morgan fingerprint density at radius 2 is 1.86 bits per heavy atom. The van der Waals surface area contributed by atoms with Gasteiger partial charge in [-0.05, 0) is 25.0 Å². The number of anilines is 1. The van der Waals surface area contributed by atoms with Crippen molar-refractivity contribution in [2.24, 2.45) is 5.92 Å². The Balaban J connectivity index is 1.40. The van der Waals surface area contributed by atoms with Gasteiger partial charge in [-0.25, -0.2) is 9.97 Å². The Hall–Kier alpha value is -2.84. The highest BCUT2D eigenvalue weighted by atomic mass is 19.4. The number of rotatable bonds is 2. The van der Waals surface area contributed by atoms with Crippen molar-refractivity contribution in [1.82, 2.24) is 14.9 Å². The Bertz CT molecular complexity index is 911. The lowest BCUT2D eigenvalue weighted by Gasteiger charge is -2.37. The molecule has 1 aromatic carbocycles. The predicted molar refractivity (Wildman–Crippen MR) is 99.7 cm³/mol.